The third-order valence-corrected chi connectivity index (χ3v) is 2.57. The largest absolute Gasteiger partial charge is 0.393 e. The van der Waals surface area contributed by atoms with Crippen molar-refractivity contribution in [1.29, 1.82) is 0 Å². The summed E-state index contributed by atoms with van der Waals surface area (Å²) < 4.78 is 0. The minimum Gasteiger partial charge on any atom is -0.393 e. The molecule has 2 unspecified atom stereocenters. The Morgan fingerprint density at radius 3 is 1.93 bits per heavy atom. The highest BCUT2D eigenvalue weighted by molar-refractivity contribution is 4.71. The van der Waals surface area contributed by atoms with Gasteiger partial charge in [0.2, 0.25) is 0 Å². The van der Waals surface area contributed by atoms with Gasteiger partial charge in [0.25, 0.3) is 0 Å². The molecule has 0 aromatic heterocycles. The molecule has 0 saturated heterocycles. The van der Waals surface area contributed by atoms with E-state index in [0.29, 0.717) is 11.8 Å². The van der Waals surface area contributed by atoms with Gasteiger partial charge < -0.3 is 10.2 Å². The normalized spacial score (nSPS) is 17.1. The van der Waals surface area contributed by atoms with Crippen LogP contribution in [-0.4, -0.2) is 21.9 Å². The first-order chi connectivity index (χ1) is 6.22. The number of hydrogen-bond acceptors (Lipinski definition) is 2. The van der Waals surface area contributed by atoms with Crippen LogP contribution < -0.4 is 0 Å². The van der Waals surface area contributed by atoms with Gasteiger partial charge in [-0.3, -0.25) is 0 Å². The standard InChI is InChI=1S/C12H26O2/c1-9(2)11(13)7-6-10(3)8-12(4,5)14/h9-11,13-14H,6-8H2,1-5H3. The van der Waals surface area contributed by atoms with Crippen LogP contribution in [0.15, 0.2) is 0 Å². The van der Waals surface area contributed by atoms with Crippen molar-refractivity contribution in [1.82, 2.24) is 0 Å². The second-order valence-electron chi connectivity index (χ2n) is 5.51. The Bertz CT molecular complexity index is 147. The Kier molecular flexibility index (Phi) is 5.68. The van der Waals surface area contributed by atoms with E-state index in [1.807, 2.05) is 27.7 Å². The lowest BCUT2D eigenvalue weighted by molar-refractivity contribution is 0.0478. The molecule has 2 atom stereocenters. The highest BCUT2D eigenvalue weighted by Crippen LogP contribution is 2.21. The van der Waals surface area contributed by atoms with Crippen molar-refractivity contribution < 1.29 is 10.2 Å². The summed E-state index contributed by atoms with van der Waals surface area (Å²) in [6.07, 6.45) is 2.44. The molecule has 0 spiro atoms. The summed E-state index contributed by atoms with van der Waals surface area (Å²) in [7, 11) is 0. The fourth-order valence-electron chi connectivity index (χ4n) is 1.74. The average Bonchev–Trinajstić information content (AvgIpc) is 1.96. The molecule has 0 radical (unpaired) electrons. The maximum absolute atomic E-state index is 9.61. The maximum Gasteiger partial charge on any atom is 0.0594 e. The van der Waals surface area contributed by atoms with Gasteiger partial charge in [-0.25, -0.2) is 0 Å². The summed E-state index contributed by atoms with van der Waals surface area (Å²) in [6, 6.07) is 0. The zero-order valence-corrected chi connectivity index (χ0v) is 10.2. The van der Waals surface area contributed by atoms with E-state index in [1.165, 1.54) is 0 Å². The van der Waals surface area contributed by atoms with Crippen LogP contribution in [0.1, 0.15) is 53.9 Å². The quantitative estimate of drug-likeness (QED) is 0.695. The van der Waals surface area contributed by atoms with Crippen molar-refractivity contribution in [2.24, 2.45) is 11.8 Å². The number of hydrogen-bond donors (Lipinski definition) is 2. The topological polar surface area (TPSA) is 40.5 Å². The third-order valence-electron chi connectivity index (χ3n) is 2.57. The number of aliphatic hydroxyl groups excluding tert-OH is 1. The first-order valence-corrected chi connectivity index (χ1v) is 5.63. The molecule has 86 valence electrons. The van der Waals surface area contributed by atoms with Gasteiger partial charge in [-0.15, -0.1) is 0 Å². The lowest BCUT2D eigenvalue weighted by Crippen LogP contribution is -2.23. The summed E-state index contributed by atoms with van der Waals surface area (Å²) in [6.45, 7) is 9.87. The predicted molar refractivity (Wildman–Crippen MR) is 60.2 cm³/mol. The fraction of sp³-hybridized carbons (Fsp3) is 1.00. The van der Waals surface area contributed by atoms with Gasteiger partial charge in [0.1, 0.15) is 0 Å². The Hall–Kier alpha value is -0.0800. The zero-order valence-electron chi connectivity index (χ0n) is 10.2. The second-order valence-corrected chi connectivity index (χ2v) is 5.51. The van der Waals surface area contributed by atoms with Crippen LogP contribution in [0.2, 0.25) is 0 Å². The molecule has 0 aliphatic rings. The van der Waals surface area contributed by atoms with Crippen LogP contribution in [0.3, 0.4) is 0 Å². The summed E-state index contributed by atoms with van der Waals surface area (Å²) >= 11 is 0. The molecular weight excluding hydrogens is 176 g/mol. The van der Waals surface area contributed by atoms with Gasteiger partial charge in [0.05, 0.1) is 11.7 Å². The Morgan fingerprint density at radius 1 is 1.07 bits per heavy atom. The molecule has 14 heavy (non-hydrogen) atoms. The summed E-state index contributed by atoms with van der Waals surface area (Å²) in [4.78, 5) is 0. The van der Waals surface area contributed by atoms with Crippen LogP contribution >= 0.6 is 0 Å². The summed E-state index contributed by atoms with van der Waals surface area (Å²) in [5, 5.41) is 19.2. The van der Waals surface area contributed by atoms with Crippen molar-refractivity contribution in [3.63, 3.8) is 0 Å². The second kappa shape index (κ2) is 5.72. The van der Waals surface area contributed by atoms with E-state index in [0.717, 1.165) is 19.3 Å². The lowest BCUT2D eigenvalue weighted by atomic mass is 9.89. The van der Waals surface area contributed by atoms with Gasteiger partial charge in [-0.05, 0) is 44.9 Å². The molecule has 0 bridgehead atoms. The van der Waals surface area contributed by atoms with Crippen LogP contribution in [0.25, 0.3) is 0 Å². The first-order valence-electron chi connectivity index (χ1n) is 5.63. The summed E-state index contributed by atoms with van der Waals surface area (Å²) in [5.41, 5.74) is -0.581. The molecular formula is C12H26O2. The highest BCUT2D eigenvalue weighted by Gasteiger charge is 2.18. The molecule has 0 saturated carbocycles. The van der Waals surface area contributed by atoms with Gasteiger partial charge in [0.15, 0.2) is 0 Å². The Labute approximate surface area is 88.3 Å². The van der Waals surface area contributed by atoms with Crippen LogP contribution in [0.5, 0.6) is 0 Å². The number of rotatable bonds is 6. The van der Waals surface area contributed by atoms with E-state index in [2.05, 4.69) is 6.92 Å². The minimum atomic E-state index is -0.581. The number of aliphatic hydroxyl groups is 2. The van der Waals surface area contributed by atoms with E-state index >= 15 is 0 Å². The highest BCUT2D eigenvalue weighted by atomic mass is 16.3. The van der Waals surface area contributed by atoms with E-state index in [1.54, 1.807) is 0 Å². The van der Waals surface area contributed by atoms with Crippen molar-refractivity contribution >= 4 is 0 Å². The van der Waals surface area contributed by atoms with Crippen molar-refractivity contribution in [2.75, 3.05) is 0 Å². The Morgan fingerprint density at radius 2 is 1.57 bits per heavy atom. The van der Waals surface area contributed by atoms with Crippen molar-refractivity contribution in [2.45, 2.75) is 65.6 Å². The zero-order chi connectivity index (χ0) is 11.4. The van der Waals surface area contributed by atoms with Gasteiger partial charge in [-0.1, -0.05) is 20.8 Å². The van der Waals surface area contributed by atoms with Gasteiger partial charge in [-0.2, -0.15) is 0 Å². The van der Waals surface area contributed by atoms with Crippen LogP contribution in [0, 0.1) is 11.8 Å². The van der Waals surface area contributed by atoms with Crippen molar-refractivity contribution in [3.8, 4) is 0 Å². The molecule has 0 fully saturated rings. The van der Waals surface area contributed by atoms with E-state index in [-0.39, 0.29) is 6.10 Å². The van der Waals surface area contributed by atoms with E-state index in [4.69, 9.17) is 0 Å². The van der Waals surface area contributed by atoms with E-state index < -0.39 is 5.60 Å². The average molecular weight is 202 g/mol. The maximum atomic E-state index is 9.61. The first kappa shape index (κ1) is 13.9. The van der Waals surface area contributed by atoms with Crippen LogP contribution in [-0.2, 0) is 0 Å². The smallest absolute Gasteiger partial charge is 0.0594 e. The van der Waals surface area contributed by atoms with Crippen molar-refractivity contribution in [3.05, 3.63) is 0 Å². The molecule has 0 heterocycles. The van der Waals surface area contributed by atoms with Gasteiger partial charge in [0, 0.05) is 0 Å². The molecule has 2 N–H and O–H groups in total. The molecule has 0 aromatic carbocycles. The molecule has 0 aromatic rings. The third kappa shape index (κ3) is 7.34. The fourth-order valence-corrected chi connectivity index (χ4v) is 1.74. The molecule has 2 nitrogen and oxygen atoms in total. The van der Waals surface area contributed by atoms with E-state index in [9.17, 15) is 10.2 Å². The monoisotopic (exact) mass is 202 g/mol. The molecule has 0 aliphatic heterocycles. The molecule has 0 rings (SSSR count). The molecule has 0 amide bonds. The SMILES string of the molecule is CC(CCC(O)C(C)C)CC(C)(C)O. The molecule has 2 heteroatoms. The lowest BCUT2D eigenvalue weighted by Gasteiger charge is -2.23. The van der Waals surface area contributed by atoms with Gasteiger partial charge >= 0.3 is 0 Å². The van der Waals surface area contributed by atoms with Crippen LogP contribution in [0.4, 0.5) is 0 Å². The predicted octanol–water partition coefficient (Wildman–Crippen LogP) is 2.58. The molecule has 0 aliphatic carbocycles. The Balaban J connectivity index is 3.69. The minimum absolute atomic E-state index is 0.195. The summed E-state index contributed by atoms with van der Waals surface area (Å²) in [5.74, 6) is 0.813.